The van der Waals surface area contributed by atoms with Gasteiger partial charge in [0.05, 0.1) is 7.11 Å². The van der Waals surface area contributed by atoms with E-state index >= 15 is 0 Å². The lowest BCUT2D eigenvalue weighted by molar-refractivity contribution is 0.102. The second kappa shape index (κ2) is 9.22. The van der Waals surface area contributed by atoms with Crippen molar-refractivity contribution in [1.29, 1.82) is 0 Å². The number of benzene rings is 2. The number of methoxy groups -OCH3 is 1. The molecule has 1 saturated carbocycles. The Morgan fingerprint density at radius 2 is 1.84 bits per heavy atom. The van der Waals surface area contributed by atoms with Crippen LogP contribution in [0.25, 0.3) is 0 Å². The number of ether oxygens (including phenoxy) is 1. The first-order valence-electron chi connectivity index (χ1n) is 10.1. The largest absolute Gasteiger partial charge is 0.497 e. The van der Waals surface area contributed by atoms with E-state index in [1.165, 1.54) is 0 Å². The second-order valence-electron chi connectivity index (χ2n) is 7.52. The topological polar surface area (TPSA) is 79.4 Å². The maximum Gasteiger partial charge on any atom is 0.274 e. The van der Waals surface area contributed by atoms with Crippen LogP contribution in [0.1, 0.15) is 28.9 Å². The van der Waals surface area contributed by atoms with Gasteiger partial charge in [0.1, 0.15) is 17.3 Å². The van der Waals surface area contributed by atoms with Crippen molar-refractivity contribution in [2.75, 3.05) is 29.7 Å². The molecule has 1 heterocycles. The van der Waals surface area contributed by atoms with E-state index in [-0.39, 0.29) is 5.91 Å². The Morgan fingerprint density at radius 1 is 1.13 bits per heavy atom. The standard InChI is InChI=1S/C23H24ClN5O2/c1-29(14-15-3-5-16(24)6-4-15)21-13-20(27-23(28-21)26-18-7-8-18)22(30)25-17-9-11-19(31-2)12-10-17/h3-6,9-13,18H,7-8,14H2,1-2H3,(H,25,30)(H,26,27,28). The van der Waals surface area contributed by atoms with Crippen molar-refractivity contribution >= 4 is 35.0 Å². The van der Waals surface area contributed by atoms with E-state index in [2.05, 4.69) is 20.6 Å². The van der Waals surface area contributed by atoms with Gasteiger partial charge in [-0.3, -0.25) is 4.79 Å². The van der Waals surface area contributed by atoms with E-state index in [1.807, 2.05) is 36.2 Å². The molecule has 0 atom stereocenters. The lowest BCUT2D eigenvalue weighted by Gasteiger charge is -2.20. The molecule has 1 aromatic heterocycles. The van der Waals surface area contributed by atoms with Crippen LogP contribution < -0.4 is 20.3 Å². The van der Waals surface area contributed by atoms with Gasteiger partial charge in [0.25, 0.3) is 5.91 Å². The predicted octanol–water partition coefficient (Wildman–Crippen LogP) is 4.60. The molecule has 0 aliphatic heterocycles. The number of anilines is 3. The summed E-state index contributed by atoms with van der Waals surface area (Å²) in [5.41, 5.74) is 2.05. The summed E-state index contributed by atoms with van der Waals surface area (Å²) in [7, 11) is 3.54. The summed E-state index contributed by atoms with van der Waals surface area (Å²) in [5.74, 6) is 1.55. The summed E-state index contributed by atoms with van der Waals surface area (Å²) in [6, 6.07) is 16.9. The van der Waals surface area contributed by atoms with E-state index < -0.39 is 0 Å². The smallest absolute Gasteiger partial charge is 0.274 e. The van der Waals surface area contributed by atoms with E-state index in [9.17, 15) is 4.79 Å². The molecule has 4 rings (SSSR count). The molecule has 0 saturated heterocycles. The Hall–Kier alpha value is -3.32. The minimum atomic E-state index is -0.299. The Bertz CT molecular complexity index is 1050. The molecule has 2 N–H and O–H groups in total. The predicted molar refractivity (Wildman–Crippen MR) is 123 cm³/mol. The quantitative estimate of drug-likeness (QED) is 0.536. The van der Waals surface area contributed by atoms with Crippen LogP contribution in [0, 0.1) is 0 Å². The number of nitrogens with one attached hydrogen (secondary N) is 2. The zero-order valence-electron chi connectivity index (χ0n) is 17.4. The summed E-state index contributed by atoms with van der Waals surface area (Å²) in [4.78, 5) is 23.9. The molecule has 1 aliphatic rings. The van der Waals surface area contributed by atoms with Crippen molar-refractivity contribution in [3.8, 4) is 5.75 Å². The number of carbonyl (C=O) groups excluding carboxylic acids is 1. The molecule has 1 amide bonds. The first-order valence-corrected chi connectivity index (χ1v) is 10.4. The molecular weight excluding hydrogens is 414 g/mol. The number of amides is 1. The number of halogens is 1. The lowest BCUT2D eigenvalue weighted by Crippen LogP contribution is -2.22. The highest BCUT2D eigenvalue weighted by atomic mass is 35.5. The minimum Gasteiger partial charge on any atom is -0.497 e. The Morgan fingerprint density at radius 3 is 2.48 bits per heavy atom. The molecule has 7 nitrogen and oxygen atoms in total. The number of nitrogens with zero attached hydrogens (tertiary/aromatic N) is 3. The van der Waals surface area contributed by atoms with Crippen LogP contribution in [-0.4, -0.2) is 36.1 Å². The van der Waals surface area contributed by atoms with Crippen molar-refractivity contribution in [3.05, 3.63) is 70.9 Å². The van der Waals surface area contributed by atoms with Gasteiger partial charge < -0.3 is 20.3 Å². The Kier molecular flexibility index (Phi) is 6.23. The third kappa shape index (κ3) is 5.64. The molecule has 2 aromatic carbocycles. The van der Waals surface area contributed by atoms with Crippen molar-refractivity contribution in [2.24, 2.45) is 0 Å². The van der Waals surface area contributed by atoms with Crippen molar-refractivity contribution in [3.63, 3.8) is 0 Å². The van der Waals surface area contributed by atoms with Crippen LogP contribution in [-0.2, 0) is 6.54 Å². The van der Waals surface area contributed by atoms with Crippen molar-refractivity contribution < 1.29 is 9.53 Å². The van der Waals surface area contributed by atoms with Gasteiger partial charge in [0.2, 0.25) is 5.95 Å². The summed E-state index contributed by atoms with van der Waals surface area (Å²) < 4.78 is 5.16. The average Bonchev–Trinajstić information content (AvgIpc) is 3.59. The third-order valence-corrected chi connectivity index (χ3v) is 5.18. The Balaban J connectivity index is 1.55. The van der Waals surface area contributed by atoms with Crippen LogP contribution in [0.3, 0.4) is 0 Å². The molecule has 0 radical (unpaired) electrons. The highest BCUT2D eigenvalue weighted by molar-refractivity contribution is 6.30. The first kappa shape index (κ1) is 20.9. The molecular formula is C23H24ClN5O2. The molecule has 0 bridgehead atoms. The van der Waals surface area contributed by atoms with E-state index in [0.717, 1.165) is 24.2 Å². The highest BCUT2D eigenvalue weighted by Crippen LogP contribution is 2.25. The van der Waals surface area contributed by atoms with Gasteiger partial charge in [0.15, 0.2) is 0 Å². The second-order valence-corrected chi connectivity index (χ2v) is 7.96. The maximum absolute atomic E-state index is 12.9. The zero-order valence-corrected chi connectivity index (χ0v) is 18.2. The maximum atomic E-state index is 12.9. The number of hydrogen-bond acceptors (Lipinski definition) is 6. The molecule has 8 heteroatoms. The molecule has 0 unspecified atom stereocenters. The van der Waals surface area contributed by atoms with Crippen LogP contribution in [0.2, 0.25) is 5.02 Å². The Labute approximate surface area is 186 Å². The van der Waals surface area contributed by atoms with Gasteiger partial charge >= 0.3 is 0 Å². The van der Waals surface area contributed by atoms with Gasteiger partial charge in [-0.15, -0.1) is 0 Å². The monoisotopic (exact) mass is 437 g/mol. The van der Waals surface area contributed by atoms with Gasteiger partial charge in [-0.1, -0.05) is 23.7 Å². The fourth-order valence-electron chi connectivity index (χ4n) is 3.04. The molecule has 3 aromatic rings. The van der Waals surface area contributed by atoms with Gasteiger partial charge in [-0.2, -0.15) is 4.98 Å². The summed E-state index contributed by atoms with van der Waals surface area (Å²) >= 11 is 5.99. The van der Waals surface area contributed by atoms with Gasteiger partial charge in [-0.05, 0) is 54.8 Å². The minimum absolute atomic E-state index is 0.298. The molecule has 31 heavy (non-hydrogen) atoms. The third-order valence-electron chi connectivity index (χ3n) is 4.93. The van der Waals surface area contributed by atoms with Crippen LogP contribution in [0.4, 0.5) is 17.5 Å². The SMILES string of the molecule is COc1ccc(NC(=O)c2cc(N(C)Cc3ccc(Cl)cc3)nc(NC3CC3)n2)cc1. The van der Waals surface area contributed by atoms with Crippen molar-refractivity contribution in [1.82, 2.24) is 9.97 Å². The number of rotatable bonds is 8. The highest BCUT2D eigenvalue weighted by Gasteiger charge is 2.23. The molecule has 0 spiro atoms. The lowest BCUT2D eigenvalue weighted by atomic mass is 10.2. The fourth-order valence-corrected chi connectivity index (χ4v) is 3.16. The van der Waals surface area contributed by atoms with E-state index in [4.69, 9.17) is 16.3 Å². The normalized spacial score (nSPS) is 12.9. The van der Waals surface area contributed by atoms with Gasteiger partial charge in [0, 0.05) is 36.4 Å². The summed E-state index contributed by atoms with van der Waals surface area (Å²) in [6.07, 6.45) is 2.17. The zero-order chi connectivity index (χ0) is 21.8. The van der Waals surface area contributed by atoms with Crippen LogP contribution >= 0.6 is 11.6 Å². The number of hydrogen-bond donors (Lipinski definition) is 2. The molecule has 160 valence electrons. The fraction of sp³-hybridized carbons (Fsp3) is 0.261. The molecule has 1 fully saturated rings. The van der Waals surface area contributed by atoms with E-state index in [1.54, 1.807) is 37.4 Å². The first-order chi connectivity index (χ1) is 15.0. The van der Waals surface area contributed by atoms with Crippen LogP contribution in [0.15, 0.2) is 54.6 Å². The summed E-state index contributed by atoms with van der Waals surface area (Å²) in [5, 5.41) is 6.87. The average molecular weight is 438 g/mol. The van der Waals surface area contributed by atoms with Crippen LogP contribution in [0.5, 0.6) is 5.75 Å². The van der Waals surface area contributed by atoms with Crippen molar-refractivity contribution in [2.45, 2.75) is 25.4 Å². The number of aromatic nitrogens is 2. The summed E-state index contributed by atoms with van der Waals surface area (Å²) in [6.45, 7) is 0.622. The van der Waals surface area contributed by atoms with E-state index in [0.29, 0.717) is 40.8 Å². The molecule has 1 aliphatic carbocycles. The number of carbonyl (C=O) groups is 1. The van der Waals surface area contributed by atoms with Gasteiger partial charge in [-0.25, -0.2) is 4.98 Å².